The number of alkyl halides is 2. The number of amides is 2. The summed E-state index contributed by atoms with van der Waals surface area (Å²) in [5.41, 5.74) is 11.5. The Labute approximate surface area is 265 Å². The molecule has 1 saturated carbocycles. The number of aliphatic hydroxyl groups is 1. The van der Waals surface area contributed by atoms with Gasteiger partial charge in [0.2, 0.25) is 21.8 Å². The first-order chi connectivity index (χ1) is 21.3. The molecule has 246 valence electrons. The van der Waals surface area contributed by atoms with Crippen molar-refractivity contribution in [1.29, 1.82) is 0 Å². The van der Waals surface area contributed by atoms with Crippen molar-refractivity contribution in [2.45, 2.75) is 61.1 Å². The van der Waals surface area contributed by atoms with Crippen molar-refractivity contribution < 1.29 is 31.9 Å². The van der Waals surface area contributed by atoms with E-state index in [0.29, 0.717) is 25.1 Å². The fraction of sp³-hybridized carbons (Fsp3) is 0.552. The predicted molar refractivity (Wildman–Crippen MR) is 164 cm³/mol. The third-order valence-electron chi connectivity index (χ3n) is 8.78. The average molecular weight is 670 g/mol. The zero-order valence-corrected chi connectivity index (χ0v) is 26.2. The summed E-state index contributed by atoms with van der Waals surface area (Å²) >= 11 is 6.21. The third-order valence-corrected chi connectivity index (χ3v) is 10.9. The van der Waals surface area contributed by atoms with Gasteiger partial charge in [-0.15, -0.1) is 0 Å². The van der Waals surface area contributed by atoms with Gasteiger partial charge in [-0.3, -0.25) is 9.59 Å². The lowest BCUT2D eigenvalue weighted by Crippen LogP contribution is -2.49. The minimum atomic E-state index is -3.84. The van der Waals surface area contributed by atoms with Crippen molar-refractivity contribution in [2.24, 2.45) is 17.4 Å². The largest absolute Gasteiger partial charge is 0.382 e. The zero-order chi connectivity index (χ0) is 32.5. The number of benzene rings is 1. The van der Waals surface area contributed by atoms with Crippen molar-refractivity contribution in [3.63, 3.8) is 0 Å². The minimum absolute atomic E-state index is 0.0864. The number of carbonyl (C=O) groups is 2. The van der Waals surface area contributed by atoms with E-state index in [1.165, 1.54) is 27.4 Å². The number of rotatable bonds is 9. The molecule has 1 aliphatic carbocycles. The molecule has 0 spiro atoms. The highest BCUT2D eigenvalue weighted by Crippen LogP contribution is 2.45. The maximum absolute atomic E-state index is 15.8. The van der Waals surface area contributed by atoms with Gasteiger partial charge in [-0.05, 0) is 62.1 Å². The number of nitrogens with two attached hydrogens (primary N) is 2. The molecule has 3 heterocycles. The van der Waals surface area contributed by atoms with E-state index < -0.39 is 33.9 Å². The van der Waals surface area contributed by atoms with E-state index in [0.717, 1.165) is 6.07 Å². The molecule has 2 amide bonds. The lowest BCUT2D eigenvalue weighted by molar-refractivity contribution is -0.130. The first-order valence-corrected chi connectivity index (χ1v) is 16.8. The van der Waals surface area contributed by atoms with Crippen LogP contribution in [0.5, 0.6) is 0 Å². The van der Waals surface area contributed by atoms with Crippen LogP contribution in [0.1, 0.15) is 37.7 Å². The van der Waals surface area contributed by atoms with E-state index >= 15 is 8.78 Å². The Hall–Kier alpha value is -2.95. The highest BCUT2D eigenvalue weighted by molar-refractivity contribution is 7.89. The Morgan fingerprint density at radius 2 is 1.76 bits per heavy atom. The molecule has 2 aliphatic heterocycles. The molecular weight excluding hydrogens is 632 g/mol. The van der Waals surface area contributed by atoms with Gasteiger partial charge in [-0.2, -0.15) is 4.31 Å². The summed E-state index contributed by atoms with van der Waals surface area (Å²) in [5.74, 6) is -4.67. The minimum Gasteiger partial charge on any atom is -0.382 e. The molecule has 2 atom stereocenters. The summed E-state index contributed by atoms with van der Waals surface area (Å²) in [7, 11) is -3.84. The SMILES string of the molecule is NCC(O)C(=O)NC1CCC(C(F)(F)c2cc(Cl)nc(N3CCN(S(=O)(=O)c4ccc(N5C[C@H](N)CC5=O)cc4)CC3)c2)CC1. The number of nitrogens with zero attached hydrogens (tertiary/aromatic N) is 4. The monoisotopic (exact) mass is 669 g/mol. The molecule has 2 aromatic rings. The van der Waals surface area contributed by atoms with Crippen molar-refractivity contribution >= 4 is 44.9 Å². The molecule has 3 aliphatic rings. The fourth-order valence-corrected chi connectivity index (χ4v) is 7.79. The van der Waals surface area contributed by atoms with Crippen LogP contribution in [-0.4, -0.2) is 92.1 Å². The summed E-state index contributed by atoms with van der Waals surface area (Å²) in [6.45, 7) is 0.809. The number of anilines is 2. The topological polar surface area (TPSA) is 175 Å². The van der Waals surface area contributed by atoms with Gasteiger partial charge < -0.3 is 31.7 Å². The number of nitrogens with one attached hydrogen (secondary N) is 1. The number of piperazine rings is 1. The highest BCUT2D eigenvalue weighted by atomic mass is 35.5. The van der Waals surface area contributed by atoms with Crippen molar-refractivity contribution in [3.05, 3.63) is 47.1 Å². The maximum Gasteiger partial charge on any atom is 0.276 e. The van der Waals surface area contributed by atoms with Gasteiger partial charge in [-0.1, -0.05) is 11.6 Å². The molecule has 1 aromatic heterocycles. The zero-order valence-electron chi connectivity index (χ0n) is 24.6. The second-order valence-corrected chi connectivity index (χ2v) is 14.1. The van der Waals surface area contributed by atoms with E-state index in [1.807, 2.05) is 0 Å². The van der Waals surface area contributed by atoms with Gasteiger partial charge in [-0.25, -0.2) is 22.2 Å². The van der Waals surface area contributed by atoms with Crippen molar-refractivity contribution in [2.75, 3.05) is 49.1 Å². The Morgan fingerprint density at radius 1 is 1.11 bits per heavy atom. The van der Waals surface area contributed by atoms with Gasteiger partial charge in [0.05, 0.1) is 4.90 Å². The smallest absolute Gasteiger partial charge is 0.276 e. The molecule has 45 heavy (non-hydrogen) atoms. The van der Waals surface area contributed by atoms with Crippen LogP contribution in [0.25, 0.3) is 0 Å². The normalized spacial score (nSPS) is 24.1. The van der Waals surface area contributed by atoms with Crippen LogP contribution < -0.4 is 26.6 Å². The lowest BCUT2D eigenvalue weighted by Gasteiger charge is -2.36. The molecule has 12 nitrogen and oxygen atoms in total. The molecular formula is C29H38ClF2N7O5S. The van der Waals surface area contributed by atoms with Crippen molar-refractivity contribution in [3.8, 4) is 0 Å². The molecule has 5 rings (SSSR count). The van der Waals surface area contributed by atoms with Gasteiger partial charge >= 0.3 is 0 Å². The first-order valence-electron chi connectivity index (χ1n) is 14.9. The summed E-state index contributed by atoms with van der Waals surface area (Å²) in [6.07, 6.45) is -0.105. The molecule has 0 radical (unpaired) electrons. The second kappa shape index (κ2) is 13.4. The van der Waals surface area contributed by atoms with E-state index in [4.69, 9.17) is 23.1 Å². The molecule has 1 aromatic carbocycles. The number of aliphatic hydroxyl groups excluding tert-OH is 1. The van der Waals surface area contributed by atoms with E-state index in [-0.39, 0.29) is 91.4 Å². The summed E-state index contributed by atoms with van der Waals surface area (Å²) < 4.78 is 59.5. The van der Waals surface area contributed by atoms with Crippen molar-refractivity contribution in [1.82, 2.24) is 14.6 Å². The van der Waals surface area contributed by atoms with Gasteiger partial charge in [0.25, 0.3) is 5.92 Å². The number of aromatic nitrogens is 1. The van der Waals surface area contributed by atoms with Gasteiger partial charge in [0, 0.05) is 74.9 Å². The van der Waals surface area contributed by atoms with E-state index in [9.17, 15) is 23.1 Å². The molecule has 1 unspecified atom stereocenters. The van der Waals surface area contributed by atoms with E-state index in [1.54, 1.807) is 17.0 Å². The highest BCUT2D eigenvalue weighted by Gasteiger charge is 2.44. The van der Waals surface area contributed by atoms with Crippen LogP contribution in [-0.2, 0) is 25.5 Å². The maximum atomic E-state index is 15.8. The van der Waals surface area contributed by atoms with Crippen LogP contribution in [0, 0.1) is 5.92 Å². The summed E-state index contributed by atoms with van der Waals surface area (Å²) in [5, 5.41) is 12.2. The lowest BCUT2D eigenvalue weighted by atomic mass is 9.80. The fourth-order valence-electron chi connectivity index (χ4n) is 6.17. The van der Waals surface area contributed by atoms with Gasteiger partial charge in [0.15, 0.2) is 0 Å². The van der Waals surface area contributed by atoms with Crippen LogP contribution in [0.15, 0.2) is 41.3 Å². The standard InChI is InChI=1S/C29H38ClF2N7O5S/c30-25-13-19(29(31,32)18-1-3-21(4-2-18)35-28(42)24(40)16-33)14-26(36-25)37-9-11-38(12-10-37)45(43,44)23-7-5-22(6-8-23)39-17-20(34)15-27(39)41/h5-8,13-14,18,20-21,24,40H,1-4,9-12,15-17,33-34H2,(H,35,42)/t18?,20-,21?,24?/m1/s1. The Morgan fingerprint density at radius 3 is 2.33 bits per heavy atom. The number of pyridine rings is 1. The number of halogens is 3. The van der Waals surface area contributed by atoms with Crippen LogP contribution >= 0.6 is 11.6 Å². The predicted octanol–water partition coefficient (Wildman–Crippen LogP) is 1.40. The van der Waals surface area contributed by atoms with Crippen LogP contribution in [0.2, 0.25) is 5.15 Å². The second-order valence-electron chi connectivity index (χ2n) is 11.8. The first kappa shape index (κ1) is 33.4. The summed E-state index contributed by atoms with van der Waals surface area (Å²) in [6, 6.07) is 8.00. The number of sulfonamides is 1. The molecule has 2 saturated heterocycles. The number of carbonyl (C=O) groups excluding carboxylic acids is 2. The van der Waals surface area contributed by atoms with E-state index in [2.05, 4.69) is 10.3 Å². The van der Waals surface area contributed by atoms with Crippen LogP contribution in [0.3, 0.4) is 0 Å². The molecule has 6 N–H and O–H groups in total. The molecule has 3 fully saturated rings. The number of hydrogen-bond acceptors (Lipinski definition) is 9. The Kier molecular flexibility index (Phi) is 9.96. The Bertz CT molecular complexity index is 1500. The number of hydrogen-bond donors (Lipinski definition) is 4. The third kappa shape index (κ3) is 7.23. The Balaban J connectivity index is 1.21. The summed E-state index contributed by atoms with van der Waals surface area (Å²) in [4.78, 5) is 31.7. The van der Waals surface area contributed by atoms with Gasteiger partial charge in [0.1, 0.15) is 17.1 Å². The average Bonchev–Trinajstić information content (AvgIpc) is 3.38. The molecule has 0 bridgehead atoms. The molecule has 16 heteroatoms. The quantitative estimate of drug-likeness (QED) is 0.288. The van der Waals surface area contributed by atoms with Crippen LogP contribution in [0.4, 0.5) is 20.3 Å².